The van der Waals surface area contributed by atoms with Crippen molar-refractivity contribution in [2.45, 2.75) is 19.9 Å². The zero-order chi connectivity index (χ0) is 11.4. The fraction of sp³-hybridized carbons (Fsp3) is 0.500. The number of amides is 1. The number of rotatable bonds is 4. The molecule has 0 radical (unpaired) electrons. The van der Waals surface area contributed by atoms with Crippen molar-refractivity contribution in [2.75, 3.05) is 13.2 Å². The van der Waals surface area contributed by atoms with Gasteiger partial charge < -0.3 is 15.0 Å². The number of aliphatic hydroxyl groups is 1. The van der Waals surface area contributed by atoms with Gasteiger partial charge in [-0.25, -0.2) is 0 Å². The van der Waals surface area contributed by atoms with E-state index in [4.69, 9.17) is 5.11 Å². The van der Waals surface area contributed by atoms with Crippen LogP contribution in [0.25, 0.3) is 0 Å². The maximum absolute atomic E-state index is 12.0. The Morgan fingerprint density at radius 3 is 2.73 bits per heavy atom. The van der Waals surface area contributed by atoms with Crippen LogP contribution >= 0.6 is 15.9 Å². The molecule has 0 aromatic carbocycles. The Morgan fingerprint density at radius 1 is 1.67 bits per heavy atom. The fourth-order valence-electron chi connectivity index (χ4n) is 1.35. The minimum atomic E-state index is -0.0928. The third-order valence-corrected chi connectivity index (χ3v) is 2.56. The molecule has 4 nitrogen and oxygen atoms in total. The fourth-order valence-corrected chi connectivity index (χ4v) is 1.69. The molecule has 0 bridgehead atoms. The molecule has 1 heterocycles. The summed E-state index contributed by atoms with van der Waals surface area (Å²) in [5.41, 5.74) is 0.532. The van der Waals surface area contributed by atoms with Crippen LogP contribution in [0.5, 0.6) is 0 Å². The summed E-state index contributed by atoms with van der Waals surface area (Å²) in [6.45, 7) is 4.18. The lowest BCUT2D eigenvalue weighted by Crippen LogP contribution is -2.39. The summed E-state index contributed by atoms with van der Waals surface area (Å²) < 4.78 is 0.846. The molecule has 15 heavy (non-hydrogen) atoms. The molecule has 0 atom stereocenters. The van der Waals surface area contributed by atoms with Crippen molar-refractivity contribution in [3.63, 3.8) is 0 Å². The van der Waals surface area contributed by atoms with E-state index < -0.39 is 0 Å². The first-order chi connectivity index (χ1) is 7.06. The van der Waals surface area contributed by atoms with E-state index >= 15 is 0 Å². The Bertz CT molecular complexity index is 336. The maximum atomic E-state index is 12.0. The van der Waals surface area contributed by atoms with E-state index in [9.17, 15) is 4.79 Å². The highest BCUT2D eigenvalue weighted by Gasteiger charge is 2.19. The van der Waals surface area contributed by atoms with Crippen LogP contribution in [0.1, 0.15) is 24.3 Å². The Kier molecular flexibility index (Phi) is 4.35. The molecule has 84 valence electrons. The minimum Gasteiger partial charge on any atom is -0.395 e. The SMILES string of the molecule is CC(C)N(CCO)C(=O)c1cc(Br)c[nH]1. The van der Waals surface area contributed by atoms with Gasteiger partial charge in [-0.2, -0.15) is 0 Å². The second-order valence-corrected chi connectivity index (χ2v) is 4.46. The topological polar surface area (TPSA) is 56.3 Å². The lowest BCUT2D eigenvalue weighted by Gasteiger charge is -2.25. The predicted octanol–water partition coefficient (Wildman–Crippen LogP) is 1.62. The van der Waals surface area contributed by atoms with Gasteiger partial charge in [0.2, 0.25) is 0 Å². The first-order valence-electron chi connectivity index (χ1n) is 4.82. The molecule has 1 amide bonds. The summed E-state index contributed by atoms with van der Waals surface area (Å²) in [6.07, 6.45) is 1.71. The number of nitrogens with one attached hydrogen (secondary N) is 1. The van der Waals surface area contributed by atoms with Crippen LogP contribution in [-0.2, 0) is 0 Å². The van der Waals surface area contributed by atoms with E-state index in [2.05, 4.69) is 20.9 Å². The van der Waals surface area contributed by atoms with Gasteiger partial charge in [0.05, 0.1) is 6.61 Å². The molecule has 0 spiro atoms. The number of hydrogen-bond donors (Lipinski definition) is 2. The highest BCUT2D eigenvalue weighted by atomic mass is 79.9. The predicted molar refractivity (Wildman–Crippen MR) is 61.8 cm³/mol. The largest absolute Gasteiger partial charge is 0.395 e. The van der Waals surface area contributed by atoms with Crippen LogP contribution < -0.4 is 0 Å². The second-order valence-electron chi connectivity index (χ2n) is 3.55. The smallest absolute Gasteiger partial charge is 0.270 e. The third kappa shape index (κ3) is 3.07. The van der Waals surface area contributed by atoms with Gasteiger partial charge in [-0.05, 0) is 35.8 Å². The highest BCUT2D eigenvalue weighted by Crippen LogP contribution is 2.13. The Labute approximate surface area is 97.4 Å². The van der Waals surface area contributed by atoms with Crippen LogP contribution in [-0.4, -0.2) is 40.1 Å². The molecule has 0 fully saturated rings. The molecule has 0 saturated heterocycles. The number of aliphatic hydroxyl groups excluding tert-OH is 1. The van der Waals surface area contributed by atoms with Gasteiger partial charge in [-0.1, -0.05) is 0 Å². The zero-order valence-electron chi connectivity index (χ0n) is 8.83. The summed E-state index contributed by atoms with van der Waals surface area (Å²) in [6, 6.07) is 1.81. The summed E-state index contributed by atoms with van der Waals surface area (Å²) in [5.74, 6) is -0.0928. The summed E-state index contributed by atoms with van der Waals surface area (Å²) in [4.78, 5) is 16.5. The quantitative estimate of drug-likeness (QED) is 0.877. The number of aromatic amines is 1. The monoisotopic (exact) mass is 274 g/mol. The molecule has 1 aromatic heterocycles. The Balaban J connectivity index is 2.80. The van der Waals surface area contributed by atoms with E-state index in [1.807, 2.05) is 13.8 Å². The lowest BCUT2D eigenvalue weighted by molar-refractivity contribution is 0.0660. The molecule has 1 rings (SSSR count). The molecule has 0 aliphatic heterocycles. The molecular weight excluding hydrogens is 260 g/mol. The summed E-state index contributed by atoms with van der Waals surface area (Å²) in [7, 11) is 0. The number of hydrogen-bond acceptors (Lipinski definition) is 2. The molecule has 0 saturated carbocycles. The molecular formula is C10H15BrN2O2. The zero-order valence-corrected chi connectivity index (χ0v) is 10.4. The number of H-pyrrole nitrogens is 1. The van der Waals surface area contributed by atoms with Crippen molar-refractivity contribution in [2.24, 2.45) is 0 Å². The van der Waals surface area contributed by atoms with E-state index in [-0.39, 0.29) is 18.6 Å². The van der Waals surface area contributed by atoms with Gasteiger partial charge in [0, 0.05) is 23.3 Å². The van der Waals surface area contributed by atoms with Gasteiger partial charge in [-0.15, -0.1) is 0 Å². The average molecular weight is 275 g/mol. The first-order valence-corrected chi connectivity index (χ1v) is 5.61. The third-order valence-electron chi connectivity index (χ3n) is 2.10. The molecule has 0 aliphatic rings. The van der Waals surface area contributed by atoms with Crippen molar-refractivity contribution in [3.8, 4) is 0 Å². The highest BCUT2D eigenvalue weighted by molar-refractivity contribution is 9.10. The van der Waals surface area contributed by atoms with Gasteiger partial charge in [0.25, 0.3) is 5.91 Å². The van der Waals surface area contributed by atoms with Crippen molar-refractivity contribution in [3.05, 3.63) is 22.4 Å². The second kappa shape index (κ2) is 5.32. The van der Waals surface area contributed by atoms with Crippen LogP contribution in [0.4, 0.5) is 0 Å². The van der Waals surface area contributed by atoms with Crippen LogP contribution in [0.15, 0.2) is 16.7 Å². The van der Waals surface area contributed by atoms with Crippen LogP contribution in [0.3, 0.4) is 0 Å². The first kappa shape index (κ1) is 12.3. The number of nitrogens with zero attached hydrogens (tertiary/aromatic N) is 1. The Morgan fingerprint density at radius 2 is 2.33 bits per heavy atom. The maximum Gasteiger partial charge on any atom is 0.270 e. The molecule has 5 heteroatoms. The summed E-state index contributed by atoms with van der Waals surface area (Å²) >= 11 is 3.27. The molecule has 2 N–H and O–H groups in total. The van der Waals surface area contributed by atoms with Gasteiger partial charge in [0.15, 0.2) is 0 Å². The van der Waals surface area contributed by atoms with E-state index in [0.717, 1.165) is 4.47 Å². The number of aromatic nitrogens is 1. The van der Waals surface area contributed by atoms with Crippen molar-refractivity contribution in [1.82, 2.24) is 9.88 Å². The average Bonchev–Trinajstić information content (AvgIpc) is 2.59. The van der Waals surface area contributed by atoms with Crippen molar-refractivity contribution >= 4 is 21.8 Å². The number of carbonyl (C=O) groups is 1. The number of carbonyl (C=O) groups excluding carboxylic acids is 1. The number of halogens is 1. The van der Waals surface area contributed by atoms with Crippen molar-refractivity contribution < 1.29 is 9.90 Å². The van der Waals surface area contributed by atoms with Gasteiger partial charge in [-0.3, -0.25) is 4.79 Å². The van der Waals surface area contributed by atoms with Crippen molar-refractivity contribution in [1.29, 1.82) is 0 Å². The Hall–Kier alpha value is -0.810. The van der Waals surface area contributed by atoms with E-state index in [0.29, 0.717) is 12.2 Å². The lowest BCUT2D eigenvalue weighted by atomic mass is 10.2. The standard InChI is InChI=1S/C10H15BrN2O2/c1-7(2)13(3-4-14)10(15)9-5-8(11)6-12-9/h5-7,12,14H,3-4H2,1-2H3. The normalized spacial score (nSPS) is 10.7. The molecule has 0 aliphatic carbocycles. The van der Waals surface area contributed by atoms with Crippen LogP contribution in [0, 0.1) is 0 Å². The molecule has 1 aromatic rings. The van der Waals surface area contributed by atoms with Gasteiger partial charge in [0.1, 0.15) is 5.69 Å². The van der Waals surface area contributed by atoms with E-state index in [1.165, 1.54) is 0 Å². The molecule has 0 unspecified atom stereocenters. The van der Waals surface area contributed by atoms with E-state index in [1.54, 1.807) is 17.2 Å². The minimum absolute atomic E-state index is 0.0220. The van der Waals surface area contributed by atoms with Crippen LogP contribution in [0.2, 0.25) is 0 Å². The summed E-state index contributed by atoms with van der Waals surface area (Å²) in [5, 5.41) is 8.87. The van der Waals surface area contributed by atoms with Gasteiger partial charge >= 0.3 is 0 Å².